The molecular weight excluding hydrogens is 345 g/mol. The zero-order valence-electron chi connectivity index (χ0n) is 15.0. The van der Waals surface area contributed by atoms with E-state index in [-0.39, 0.29) is 17.6 Å². The van der Waals surface area contributed by atoms with E-state index in [1.54, 1.807) is 31.5 Å². The average molecular weight is 365 g/mol. The molecule has 1 aliphatic heterocycles. The Hall–Kier alpha value is -3.15. The molecule has 4 rings (SSSR count). The molecule has 0 unspecified atom stereocenters. The van der Waals surface area contributed by atoms with Crippen molar-refractivity contribution in [2.24, 2.45) is 0 Å². The molecule has 1 N–H and O–H groups in total. The second kappa shape index (κ2) is 7.23. The van der Waals surface area contributed by atoms with Crippen molar-refractivity contribution in [3.63, 3.8) is 0 Å². The monoisotopic (exact) mass is 365 g/mol. The molecule has 1 amide bonds. The molecule has 138 valence electrons. The maximum Gasteiger partial charge on any atom is 0.223 e. The summed E-state index contributed by atoms with van der Waals surface area (Å²) in [5.41, 5.74) is 2.07. The van der Waals surface area contributed by atoms with E-state index >= 15 is 0 Å². The third-order valence-corrected chi connectivity index (χ3v) is 4.91. The number of aromatic nitrogens is 2. The molecule has 27 heavy (non-hydrogen) atoms. The van der Waals surface area contributed by atoms with Crippen LogP contribution in [0.2, 0.25) is 0 Å². The Morgan fingerprint density at radius 2 is 2.00 bits per heavy atom. The number of nitrogens with one attached hydrogen (secondary N) is 1. The van der Waals surface area contributed by atoms with E-state index in [0.29, 0.717) is 36.6 Å². The lowest BCUT2D eigenvalue weighted by atomic mass is 10.1. The summed E-state index contributed by atoms with van der Waals surface area (Å²) >= 11 is 0. The molecule has 3 aromatic rings. The predicted molar refractivity (Wildman–Crippen MR) is 99.8 cm³/mol. The number of benzene rings is 2. The molecule has 0 aliphatic carbocycles. The highest BCUT2D eigenvalue weighted by atomic mass is 19.1. The van der Waals surface area contributed by atoms with E-state index in [1.165, 1.54) is 6.07 Å². The lowest BCUT2D eigenvalue weighted by Crippen LogP contribution is -2.24. The zero-order valence-corrected chi connectivity index (χ0v) is 15.0. The Morgan fingerprint density at radius 3 is 2.81 bits per heavy atom. The molecule has 1 aliphatic rings. The van der Waals surface area contributed by atoms with E-state index in [1.807, 2.05) is 29.2 Å². The lowest BCUT2D eigenvalue weighted by molar-refractivity contribution is -0.128. The van der Waals surface area contributed by atoms with Gasteiger partial charge in [0.15, 0.2) is 0 Å². The summed E-state index contributed by atoms with van der Waals surface area (Å²) in [4.78, 5) is 21.9. The first-order valence-corrected chi connectivity index (χ1v) is 8.85. The number of carbonyl (C=O) groups excluding carboxylic acids is 1. The molecule has 2 aromatic carbocycles. The lowest BCUT2D eigenvalue weighted by Gasteiger charge is -2.18. The first-order valence-electron chi connectivity index (χ1n) is 8.85. The number of amides is 1. The number of H-pyrrole nitrogens is 1. The minimum absolute atomic E-state index is 0.0345. The van der Waals surface area contributed by atoms with Crippen LogP contribution in [0.15, 0.2) is 54.7 Å². The summed E-state index contributed by atoms with van der Waals surface area (Å²) in [6.07, 6.45) is 2.01. The zero-order chi connectivity index (χ0) is 18.8. The number of likely N-dealkylation sites (tertiary alicyclic amines) is 1. The average Bonchev–Trinajstić information content (AvgIpc) is 3.30. The number of imidazole rings is 1. The summed E-state index contributed by atoms with van der Waals surface area (Å²) in [5, 5.41) is 0. The van der Waals surface area contributed by atoms with Gasteiger partial charge in [-0.15, -0.1) is 0 Å². The van der Waals surface area contributed by atoms with Gasteiger partial charge in [0.1, 0.15) is 17.4 Å². The van der Waals surface area contributed by atoms with Crippen molar-refractivity contribution in [1.82, 2.24) is 14.9 Å². The van der Waals surface area contributed by atoms with Crippen molar-refractivity contribution in [3.05, 3.63) is 71.9 Å². The number of hydrogen-bond donors (Lipinski definition) is 1. The predicted octanol–water partition coefficient (Wildman–Crippen LogP) is 3.74. The van der Waals surface area contributed by atoms with Gasteiger partial charge in [-0.05, 0) is 18.2 Å². The minimum Gasteiger partial charge on any atom is -0.496 e. The topological polar surface area (TPSA) is 58.2 Å². The van der Waals surface area contributed by atoms with Crippen LogP contribution in [0.25, 0.3) is 11.3 Å². The van der Waals surface area contributed by atoms with E-state index in [9.17, 15) is 9.18 Å². The number of halogens is 1. The van der Waals surface area contributed by atoms with Crippen molar-refractivity contribution in [2.75, 3.05) is 13.7 Å². The van der Waals surface area contributed by atoms with E-state index in [2.05, 4.69) is 9.97 Å². The quantitative estimate of drug-likeness (QED) is 0.749. The van der Waals surface area contributed by atoms with E-state index < -0.39 is 0 Å². The van der Waals surface area contributed by atoms with Gasteiger partial charge in [0.2, 0.25) is 5.91 Å². The molecule has 6 heteroatoms. The molecule has 0 spiro atoms. The SMILES string of the molecule is COc1ccccc1CN1C[C@H](c2ncc(-c3ccccc3F)[nH]2)CC1=O. The van der Waals surface area contributed by atoms with Crippen LogP contribution < -0.4 is 4.74 Å². The number of ether oxygens (including phenoxy) is 1. The molecule has 0 saturated carbocycles. The summed E-state index contributed by atoms with van der Waals surface area (Å²) in [6.45, 7) is 1.07. The molecule has 1 saturated heterocycles. The molecule has 0 bridgehead atoms. The fourth-order valence-corrected chi connectivity index (χ4v) is 3.51. The summed E-state index contributed by atoms with van der Waals surface area (Å²) in [6, 6.07) is 14.3. The molecule has 1 aromatic heterocycles. The maximum absolute atomic E-state index is 14.0. The largest absolute Gasteiger partial charge is 0.496 e. The van der Waals surface area contributed by atoms with E-state index in [0.717, 1.165) is 11.3 Å². The Bertz CT molecular complexity index is 969. The normalized spacial score (nSPS) is 16.7. The highest BCUT2D eigenvalue weighted by Crippen LogP contribution is 2.31. The van der Waals surface area contributed by atoms with Crippen molar-refractivity contribution in [1.29, 1.82) is 0 Å². The fraction of sp³-hybridized carbons (Fsp3) is 0.238. The van der Waals surface area contributed by atoms with Crippen molar-refractivity contribution in [2.45, 2.75) is 18.9 Å². The van der Waals surface area contributed by atoms with Gasteiger partial charge in [0.05, 0.1) is 19.0 Å². The Balaban J connectivity index is 1.51. The number of aromatic amines is 1. The van der Waals surface area contributed by atoms with Gasteiger partial charge < -0.3 is 14.6 Å². The maximum atomic E-state index is 14.0. The fourth-order valence-electron chi connectivity index (χ4n) is 3.51. The summed E-state index contributed by atoms with van der Waals surface area (Å²) in [7, 11) is 1.63. The van der Waals surface area contributed by atoms with Crippen molar-refractivity contribution >= 4 is 5.91 Å². The van der Waals surface area contributed by atoms with Gasteiger partial charge in [-0.1, -0.05) is 30.3 Å². The van der Waals surface area contributed by atoms with Crippen LogP contribution in [0.3, 0.4) is 0 Å². The van der Waals surface area contributed by atoms with Crippen molar-refractivity contribution < 1.29 is 13.9 Å². The second-order valence-corrected chi connectivity index (χ2v) is 6.65. The number of rotatable bonds is 5. The number of nitrogens with zero attached hydrogens (tertiary/aromatic N) is 2. The van der Waals surface area contributed by atoms with Crippen molar-refractivity contribution in [3.8, 4) is 17.0 Å². The van der Waals surface area contributed by atoms with Crippen LogP contribution >= 0.6 is 0 Å². The molecule has 1 atom stereocenters. The minimum atomic E-state index is -0.298. The first-order chi connectivity index (χ1) is 13.2. The summed E-state index contributed by atoms with van der Waals surface area (Å²) < 4.78 is 19.4. The Kier molecular flexibility index (Phi) is 4.62. The van der Waals surface area contributed by atoms with Gasteiger partial charge in [-0.3, -0.25) is 4.79 Å². The van der Waals surface area contributed by atoms with Crippen LogP contribution in [-0.2, 0) is 11.3 Å². The number of methoxy groups -OCH3 is 1. The highest BCUT2D eigenvalue weighted by Gasteiger charge is 2.32. The van der Waals surface area contributed by atoms with Crippen LogP contribution in [0.4, 0.5) is 4.39 Å². The standard InChI is InChI=1S/C21H20FN3O2/c1-27-19-9-5-2-6-14(19)12-25-13-15(10-20(25)26)21-23-11-18(24-21)16-7-3-4-8-17(16)22/h2-9,11,15H,10,12-13H2,1H3,(H,23,24)/t15-/m1/s1. The van der Waals surface area contributed by atoms with Crippen LogP contribution in [0.1, 0.15) is 23.7 Å². The summed E-state index contributed by atoms with van der Waals surface area (Å²) in [5.74, 6) is 1.23. The van der Waals surface area contributed by atoms with Gasteiger partial charge in [0, 0.05) is 36.6 Å². The van der Waals surface area contributed by atoms with Crippen LogP contribution in [0.5, 0.6) is 5.75 Å². The first kappa shape index (κ1) is 17.3. The number of carbonyl (C=O) groups is 1. The smallest absolute Gasteiger partial charge is 0.223 e. The third-order valence-electron chi connectivity index (χ3n) is 4.91. The Morgan fingerprint density at radius 1 is 1.22 bits per heavy atom. The third kappa shape index (κ3) is 3.43. The van der Waals surface area contributed by atoms with Gasteiger partial charge in [-0.2, -0.15) is 0 Å². The molecule has 0 radical (unpaired) electrons. The molecule has 2 heterocycles. The number of para-hydroxylation sites is 1. The van der Waals surface area contributed by atoms with Gasteiger partial charge in [-0.25, -0.2) is 9.37 Å². The molecule has 1 fully saturated rings. The van der Waals surface area contributed by atoms with Crippen LogP contribution in [0, 0.1) is 5.82 Å². The van der Waals surface area contributed by atoms with E-state index in [4.69, 9.17) is 4.74 Å². The Labute approximate surface area is 156 Å². The van der Waals surface area contributed by atoms with Gasteiger partial charge >= 0.3 is 0 Å². The van der Waals surface area contributed by atoms with Gasteiger partial charge in [0.25, 0.3) is 0 Å². The number of hydrogen-bond acceptors (Lipinski definition) is 3. The second-order valence-electron chi connectivity index (χ2n) is 6.65. The molecular formula is C21H20FN3O2. The molecule has 5 nitrogen and oxygen atoms in total. The highest BCUT2D eigenvalue weighted by molar-refractivity contribution is 5.79. The van der Waals surface area contributed by atoms with Crippen LogP contribution in [-0.4, -0.2) is 34.4 Å².